The van der Waals surface area contributed by atoms with Crippen molar-refractivity contribution in [2.75, 3.05) is 0 Å². The van der Waals surface area contributed by atoms with E-state index in [1.807, 2.05) is 48.5 Å². The van der Waals surface area contributed by atoms with E-state index in [4.69, 9.17) is 4.74 Å². The molecule has 0 fully saturated rings. The summed E-state index contributed by atoms with van der Waals surface area (Å²) in [5.41, 5.74) is 1.17. The van der Waals surface area contributed by atoms with Crippen molar-refractivity contribution < 1.29 is 9.84 Å². The molecule has 2 nitrogen and oxygen atoms in total. The molecule has 22 heavy (non-hydrogen) atoms. The van der Waals surface area contributed by atoms with E-state index in [9.17, 15) is 5.11 Å². The summed E-state index contributed by atoms with van der Waals surface area (Å²) >= 11 is 0. The van der Waals surface area contributed by atoms with Crippen LogP contribution in [0.15, 0.2) is 48.5 Å². The molecule has 0 unspecified atom stereocenters. The van der Waals surface area contributed by atoms with E-state index >= 15 is 0 Å². The molecular weight excluding hydrogens is 272 g/mol. The second-order valence-electron chi connectivity index (χ2n) is 5.73. The molecule has 2 aromatic rings. The minimum absolute atomic E-state index is 0.215. The second kappa shape index (κ2) is 9.14. The van der Waals surface area contributed by atoms with Gasteiger partial charge in [-0.05, 0) is 42.7 Å². The molecule has 0 aliphatic rings. The van der Waals surface area contributed by atoms with Gasteiger partial charge < -0.3 is 9.84 Å². The molecule has 2 aromatic carbocycles. The van der Waals surface area contributed by atoms with Gasteiger partial charge in [0.05, 0.1) is 0 Å². The predicted octanol–water partition coefficient (Wildman–Crippen LogP) is 6.09. The highest BCUT2D eigenvalue weighted by Crippen LogP contribution is 2.31. The van der Waals surface area contributed by atoms with Gasteiger partial charge in [-0.25, -0.2) is 0 Å². The lowest BCUT2D eigenvalue weighted by Crippen LogP contribution is -1.89. The number of phenolic OH excluding ortho intramolecular Hbond substituents is 1. The van der Waals surface area contributed by atoms with E-state index in [2.05, 4.69) is 6.92 Å². The Kier molecular flexibility index (Phi) is 6.82. The molecule has 0 aliphatic carbocycles. The third kappa shape index (κ3) is 5.44. The Bertz CT molecular complexity index is 549. The molecule has 2 rings (SSSR count). The Morgan fingerprint density at radius 3 is 2.32 bits per heavy atom. The molecule has 0 aliphatic heterocycles. The predicted molar refractivity (Wildman–Crippen MR) is 91.7 cm³/mol. The van der Waals surface area contributed by atoms with E-state index < -0.39 is 0 Å². The smallest absolute Gasteiger partial charge is 0.169 e. The fourth-order valence-electron chi connectivity index (χ4n) is 2.53. The quantitative estimate of drug-likeness (QED) is 0.568. The number of benzene rings is 2. The normalized spacial score (nSPS) is 10.6. The summed E-state index contributed by atoms with van der Waals surface area (Å²) in [5, 5.41) is 10.1. The van der Waals surface area contributed by atoms with Gasteiger partial charge in [-0.1, -0.05) is 63.3 Å². The molecule has 0 aromatic heterocycles. The minimum atomic E-state index is 0.215. The van der Waals surface area contributed by atoms with Crippen molar-refractivity contribution in [3.05, 3.63) is 54.1 Å². The molecule has 0 saturated carbocycles. The van der Waals surface area contributed by atoms with E-state index in [0.29, 0.717) is 5.75 Å². The van der Waals surface area contributed by atoms with Crippen LogP contribution in [0, 0.1) is 0 Å². The summed E-state index contributed by atoms with van der Waals surface area (Å²) in [5.74, 6) is 1.46. The summed E-state index contributed by atoms with van der Waals surface area (Å²) < 4.78 is 5.68. The van der Waals surface area contributed by atoms with Crippen molar-refractivity contribution >= 4 is 0 Å². The fourth-order valence-corrected chi connectivity index (χ4v) is 2.53. The molecule has 0 amide bonds. The molecule has 0 radical (unpaired) electrons. The summed E-state index contributed by atoms with van der Waals surface area (Å²) in [6, 6.07) is 15.3. The SMILES string of the molecule is CCCCCCCCc1ccc(Oc2ccccc2)c(O)c1. The van der Waals surface area contributed by atoms with Crippen LogP contribution in [-0.2, 0) is 6.42 Å². The summed E-state index contributed by atoms with van der Waals surface area (Å²) in [7, 11) is 0. The van der Waals surface area contributed by atoms with Gasteiger partial charge >= 0.3 is 0 Å². The Morgan fingerprint density at radius 1 is 0.864 bits per heavy atom. The highest BCUT2D eigenvalue weighted by molar-refractivity contribution is 5.44. The van der Waals surface area contributed by atoms with Gasteiger partial charge in [0, 0.05) is 0 Å². The largest absolute Gasteiger partial charge is 0.504 e. The van der Waals surface area contributed by atoms with Crippen LogP contribution in [0.25, 0.3) is 0 Å². The van der Waals surface area contributed by atoms with E-state index in [0.717, 1.165) is 12.2 Å². The zero-order valence-electron chi connectivity index (χ0n) is 13.4. The third-order valence-corrected chi connectivity index (χ3v) is 3.81. The van der Waals surface area contributed by atoms with E-state index in [1.54, 1.807) is 0 Å². The highest BCUT2D eigenvalue weighted by Gasteiger charge is 2.05. The Labute approximate surface area is 133 Å². The van der Waals surface area contributed by atoms with Gasteiger partial charge in [0.2, 0.25) is 0 Å². The van der Waals surface area contributed by atoms with Crippen LogP contribution in [0.4, 0.5) is 0 Å². The van der Waals surface area contributed by atoms with Crippen LogP contribution < -0.4 is 4.74 Å². The van der Waals surface area contributed by atoms with Crippen molar-refractivity contribution in [3.63, 3.8) is 0 Å². The van der Waals surface area contributed by atoms with Gasteiger partial charge in [-0.2, -0.15) is 0 Å². The molecule has 1 N–H and O–H groups in total. The monoisotopic (exact) mass is 298 g/mol. The van der Waals surface area contributed by atoms with Crippen LogP contribution in [0.3, 0.4) is 0 Å². The lowest BCUT2D eigenvalue weighted by atomic mass is 10.0. The van der Waals surface area contributed by atoms with E-state index in [1.165, 1.54) is 44.1 Å². The van der Waals surface area contributed by atoms with Crippen LogP contribution in [0.5, 0.6) is 17.2 Å². The lowest BCUT2D eigenvalue weighted by Gasteiger charge is -2.09. The Morgan fingerprint density at radius 2 is 1.59 bits per heavy atom. The van der Waals surface area contributed by atoms with Crippen molar-refractivity contribution in [1.29, 1.82) is 0 Å². The fraction of sp³-hybridized carbons (Fsp3) is 0.400. The number of unbranched alkanes of at least 4 members (excludes halogenated alkanes) is 5. The highest BCUT2D eigenvalue weighted by atomic mass is 16.5. The summed E-state index contributed by atoms with van der Waals surface area (Å²) in [4.78, 5) is 0. The van der Waals surface area contributed by atoms with Gasteiger partial charge in [0.15, 0.2) is 11.5 Å². The number of aryl methyl sites for hydroxylation is 1. The minimum Gasteiger partial charge on any atom is -0.504 e. The van der Waals surface area contributed by atoms with E-state index in [-0.39, 0.29) is 5.75 Å². The molecule has 0 spiro atoms. The average molecular weight is 298 g/mol. The number of para-hydroxylation sites is 1. The molecular formula is C20H26O2. The van der Waals surface area contributed by atoms with Gasteiger partial charge in [0.25, 0.3) is 0 Å². The molecule has 0 saturated heterocycles. The Hall–Kier alpha value is -1.96. The number of hydrogen-bond donors (Lipinski definition) is 1. The standard InChI is InChI=1S/C20H26O2/c1-2-3-4-5-6-8-11-17-14-15-20(19(21)16-17)22-18-12-9-7-10-13-18/h7,9-10,12-16,21H,2-6,8,11H2,1H3. The summed E-state index contributed by atoms with van der Waals surface area (Å²) in [6.45, 7) is 2.24. The van der Waals surface area contributed by atoms with Crippen LogP contribution in [0.2, 0.25) is 0 Å². The van der Waals surface area contributed by atoms with Crippen molar-refractivity contribution in [2.24, 2.45) is 0 Å². The average Bonchev–Trinajstić information content (AvgIpc) is 2.54. The number of hydrogen-bond acceptors (Lipinski definition) is 2. The van der Waals surface area contributed by atoms with Crippen molar-refractivity contribution in [2.45, 2.75) is 51.9 Å². The summed E-state index contributed by atoms with van der Waals surface area (Å²) in [6.07, 6.45) is 8.75. The first-order valence-electron chi connectivity index (χ1n) is 8.34. The first kappa shape index (κ1) is 16.4. The topological polar surface area (TPSA) is 29.5 Å². The molecule has 0 bridgehead atoms. The molecule has 2 heteroatoms. The van der Waals surface area contributed by atoms with Crippen molar-refractivity contribution in [1.82, 2.24) is 0 Å². The molecule has 0 heterocycles. The number of rotatable bonds is 9. The first-order valence-corrected chi connectivity index (χ1v) is 8.34. The first-order chi connectivity index (χ1) is 10.8. The Balaban J connectivity index is 1.82. The maximum Gasteiger partial charge on any atom is 0.169 e. The maximum absolute atomic E-state index is 10.1. The van der Waals surface area contributed by atoms with Gasteiger partial charge in [0.1, 0.15) is 5.75 Å². The molecule has 118 valence electrons. The second-order valence-corrected chi connectivity index (χ2v) is 5.73. The zero-order valence-corrected chi connectivity index (χ0v) is 13.4. The lowest BCUT2D eigenvalue weighted by molar-refractivity contribution is 0.410. The van der Waals surface area contributed by atoms with Crippen LogP contribution in [0.1, 0.15) is 51.0 Å². The van der Waals surface area contributed by atoms with Crippen LogP contribution >= 0.6 is 0 Å². The van der Waals surface area contributed by atoms with Gasteiger partial charge in [-0.3, -0.25) is 0 Å². The third-order valence-electron chi connectivity index (χ3n) is 3.81. The molecule has 0 atom stereocenters. The van der Waals surface area contributed by atoms with Crippen molar-refractivity contribution in [3.8, 4) is 17.2 Å². The van der Waals surface area contributed by atoms with Gasteiger partial charge in [-0.15, -0.1) is 0 Å². The maximum atomic E-state index is 10.1. The number of aromatic hydroxyl groups is 1. The zero-order chi connectivity index (χ0) is 15.6. The van der Waals surface area contributed by atoms with Crippen LogP contribution in [-0.4, -0.2) is 5.11 Å². The number of ether oxygens (including phenoxy) is 1. The number of phenols is 1.